The Hall–Kier alpha value is -3.15. The van der Waals surface area contributed by atoms with Crippen LogP contribution in [0.4, 0.5) is 5.69 Å². The molecule has 2 aromatic carbocycles. The number of nitrogens with one attached hydrogen (secondary N) is 1. The molecular formula is C19H19N3O3. The first kappa shape index (κ1) is 16.7. The molecule has 1 aromatic heterocycles. The van der Waals surface area contributed by atoms with Crippen LogP contribution in [0.1, 0.15) is 18.4 Å². The third-order valence-corrected chi connectivity index (χ3v) is 3.54. The van der Waals surface area contributed by atoms with Crippen LogP contribution < -0.4 is 10.1 Å². The molecule has 0 radical (unpaired) electrons. The first-order valence-electron chi connectivity index (χ1n) is 8.06. The van der Waals surface area contributed by atoms with Crippen molar-refractivity contribution in [3.05, 3.63) is 60.0 Å². The number of hydrogen-bond acceptors (Lipinski definition) is 5. The van der Waals surface area contributed by atoms with E-state index in [-0.39, 0.29) is 5.91 Å². The summed E-state index contributed by atoms with van der Waals surface area (Å²) in [6.45, 7) is 4.30. The molecule has 25 heavy (non-hydrogen) atoms. The smallest absolute Gasteiger partial charge is 0.247 e. The molecule has 128 valence electrons. The van der Waals surface area contributed by atoms with Gasteiger partial charge in [-0.2, -0.15) is 0 Å². The summed E-state index contributed by atoms with van der Waals surface area (Å²) < 4.78 is 10.8. The fraction of sp³-hybridized carbons (Fsp3) is 0.211. The molecule has 0 aliphatic heterocycles. The molecule has 1 amide bonds. The number of aryl methyl sites for hydroxylation is 1. The molecule has 0 spiro atoms. The molecule has 1 N–H and O–H groups in total. The van der Waals surface area contributed by atoms with Crippen LogP contribution in [-0.2, 0) is 11.2 Å². The topological polar surface area (TPSA) is 77.2 Å². The highest BCUT2D eigenvalue weighted by Gasteiger charge is 2.08. The predicted octanol–water partition coefficient (Wildman–Crippen LogP) is 3.62. The fourth-order valence-electron chi connectivity index (χ4n) is 2.37. The molecule has 6 nitrogen and oxygen atoms in total. The quantitative estimate of drug-likeness (QED) is 0.743. The second-order valence-electron chi connectivity index (χ2n) is 5.51. The number of aromatic nitrogens is 2. The van der Waals surface area contributed by atoms with Crippen molar-refractivity contribution in [1.82, 2.24) is 10.2 Å². The average Bonchev–Trinajstić information content (AvgIpc) is 3.04. The van der Waals surface area contributed by atoms with Crippen molar-refractivity contribution in [2.24, 2.45) is 0 Å². The molecule has 0 aliphatic carbocycles. The van der Waals surface area contributed by atoms with Crippen LogP contribution in [0.3, 0.4) is 0 Å². The lowest BCUT2D eigenvalue weighted by molar-refractivity contribution is -0.115. The van der Waals surface area contributed by atoms with Crippen molar-refractivity contribution in [1.29, 1.82) is 0 Å². The number of hydrogen-bond donors (Lipinski definition) is 1. The summed E-state index contributed by atoms with van der Waals surface area (Å²) in [4.78, 5) is 12.2. The van der Waals surface area contributed by atoms with E-state index in [1.165, 1.54) is 0 Å². The number of carbonyl (C=O) groups is 1. The Morgan fingerprint density at radius 1 is 1.08 bits per heavy atom. The molecule has 0 saturated heterocycles. The van der Waals surface area contributed by atoms with E-state index in [2.05, 4.69) is 15.5 Å². The van der Waals surface area contributed by atoms with Crippen molar-refractivity contribution in [3.8, 4) is 17.2 Å². The van der Waals surface area contributed by atoms with Gasteiger partial charge in [0.2, 0.25) is 17.7 Å². The second kappa shape index (κ2) is 7.61. The van der Waals surface area contributed by atoms with E-state index >= 15 is 0 Å². The van der Waals surface area contributed by atoms with Crippen molar-refractivity contribution < 1.29 is 13.9 Å². The summed E-state index contributed by atoms with van der Waals surface area (Å²) in [6, 6.07) is 14.8. The van der Waals surface area contributed by atoms with Gasteiger partial charge in [-0.05, 0) is 48.9 Å². The first-order chi connectivity index (χ1) is 12.1. The van der Waals surface area contributed by atoms with E-state index < -0.39 is 0 Å². The normalized spacial score (nSPS) is 10.5. The third kappa shape index (κ3) is 4.44. The van der Waals surface area contributed by atoms with Crippen molar-refractivity contribution in [2.45, 2.75) is 20.3 Å². The van der Waals surface area contributed by atoms with Gasteiger partial charge in [0.1, 0.15) is 5.75 Å². The van der Waals surface area contributed by atoms with Gasteiger partial charge < -0.3 is 14.5 Å². The minimum absolute atomic E-state index is 0.0782. The van der Waals surface area contributed by atoms with Crippen LogP contribution in [0.2, 0.25) is 0 Å². The largest absolute Gasteiger partial charge is 0.494 e. The lowest BCUT2D eigenvalue weighted by Crippen LogP contribution is -2.14. The number of rotatable bonds is 6. The van der Waals surface area contributed by atoms with E-state index in [9.17, 15) is 4.79 Å². The Morgan fingerprint density at radius 3 is 2.40 bits per heavy atom. The molecule has 0 aliphatic rings. The molecule has 6 heteroatoms. The summed E-state index contributed by atoms with van der Waals surface area (Å²) in [5.41, 5.74) is 2.46. The number of anilines is 1. The van der Waals surface area contributed by atoms with Crippen LogP contribution in [-0.4, -0.2) is 22.7 Å². The summed E-state index contributed by atoms with van der Waals surface area (Å²) in [5, 5.41) is 10.6. The zero-order valence-corrected chi connectivity index (χ0v) is 14.2. The van der Waals surface area contributed by atoms with Gasteiger partial charge in [0.15, 0.2) is 0 Å². The summed E-state index contributed by atoms with van der Waals surface area (Å²) >= 11 is 0. The molecule has 0 bridgehead atoms. The van der Waals surface area contributed by atoms with Crippen molar-refractivity contribution in [3.63, 3.8) is 0 Å². The fourth-order valence-corrected chi connectivity index (χ4v) is 2.37. The second-order valence-corrected chi connectivity index (χ2v) is 5.51. The molecule has 1 heterocycles. The van der Waals surface area contributed by atoms with E-state index in [1.54, 1.807) is 6.92 Å². The summed E-state index contributed by atoms with van der Waals surface area (Å²) in [5.74, 6) is 1.71. The van der Waals surface area contributed by atoms with Gasteiger partial charge in [0, 0.05) is 18.2 Å². The van der Waals surface area contributed by atoms with Crippen molar-refractivity contribution in [2.75, 3.05) is 11.9 Å². The van der Waals surface area contributed by atoms with E-state index in [1.807, 2.05) is 55.5 Å². The van der Waals surface area contributed by atoms with Gasteiger partial charge >= 0.3 is 0 Å². The Labute approximate surface area is 145 Å². The summed E-state index contributed by atoms with van der Waals surface area (Å²) in [7, 11) is 0. The zero-order valence-electron chi connectivity index (χ0n) is 14.2. The molecule has 0 saturated carbocycles. The maximum Gasteiger partial charge on any atom is 0.247 e. The molecule has 3 aromatic rings. The SMILES string of the molecule is CCOc1ccc(CC(=O)Nc2ccc(-c3nnc(C)o3)cc2)cc1. The Morgan fingerprint density at radius 2 is 1.80 bits per heavy atom. The molecule has 0 unspecified atom stereocenters. The standard InChI is InChI=1S/C19H19N3O3/c1-3-24-17-10-4-14(5-11-17)12-18(23)20-16-8-6-15(7-9-16)19-22-21-13(2)25-19/h4-11H,3,12H2,1-2H3,(H,20,23). The van der Waals surface area contributed by atoms with E-state index in [0.29, 0.717) is 24.8 Å². The van der Waals surface area contributed by atoms with Crippen LogP contribution in [0.5, 0.6) is 5.75 Å². The number of ether oxygens (including phenoxy) is 1. The average molecular weight is 337 g/mol. The van der Waals surface area contributed by atoms with Crippen molar-refractivity contribution >= 4 is 11.6 Å². The van der Waals surface area contributed by atoms with Gasteiger partial charge in [0.05, 0.1) is 13.0 Å². The lowest BCUT2D eigenvalue weighted by Gasteiger charge is -2.07. The van der Waals surface area contributed by atoms with Crippen LogP contribution in [0, 0.1) is 6.92 Å². The number of benzene rings is 2. The predicted molar refractivity (Wildman–Crippen MR) is 94.4 cm³/mol. The molecule has 0 fully saturated rings. The van der Waals surface area contributed by atoms with E-state index in [4.69, 9.17) is 9.15 Å². The highest BCUT2D eigenvalue weighted by atomic mass is 16.5. The first-order valence-corrected chi connectivity index (χ1v) is 8.06. The maximum atomic E-state index is 12.2. The Kier molecular flexibility index (Phi) is 5.09. The lowest BCUT2D eigenvalue weighted by atomic mass is 10.1. The minimum Gasteiger partial charge on any atom is -0.494 e. The summed E-state index contributed by atoms with van der Waals surface area (Å²) in [6.07, 6.45) is 0.303. The highest BCUT2D eigenvalue weighted by molar-refractivity contribution is 5.92. The van der Waals surface area contributed by atoms with E-state index in [0.717, 1.165) is 22.6 Å². The zero-order chi connectivity index (χ0) is 17.6. The van der Waals surface area contributed by atoms with Gasteiger partial charge in [-0.1, -0.05) is 12.1 Å². The minimum atomic E-state index is -0.0782. The highest BCUT2D eigenvalue weighted by Crippen LogP contribution is 2.20. The molecule has 0 atom stereocenters. The number of amides is 1. The molecular weight excluding hydrogens is 318 g/mol. The number of nitrogens with zero attached hydrogens (tertiary/aromatic N) is 2. The Balaban J connectivity index is 1.59. The van der Waals surface area contributed by atoms with Gasteiger partial charge in [-0.25, -0.2) is 0 Å². The monoisotopic (exact) mass is 337 g/mol. The van der Waals surface area contributed by atoms with Gasteiger partial charge in [-0.15, -0.1) is 10.2 Å². The number of carbonyl (C=O) groups excluding carboxylic acids is 1. The van der Waals surface area contributed by atoms with Crippen LogP contribution >= 0.6 is 0 Å². The Bertz CT molecular complexity index is 839. The van der Waals surface area contributed by atoms with Crippen LogP contribution in [0.15, 0.2) is 52.9 Å². The van der Waals surface area contributed by atoms with Crippen LogP contribution in [0.25, 0.3) is 11.5 Å². The maximum absolute atomic E-state index is 12.2. The third-order valence-electron chi connectivity index (χ3n) is 3.54. The van der Waals surface area contributed by atoms with Gasteiger partial charge in [-0.3, -0.25) is 4.79 Å². The molecule has 3 rings (SSSR count). The van der Waals surface area contributed by atoms with Gasteiger partial charge in [0.25, 0.3) is 0 Å².